The molecule has 1 aliphatic rings. The second kappa shape index (κ2) is 9.00. The van der Waals surface area contributed by atoms with Crippen LogP contribution in [-0.4, -0.2) is 75.1 Å². The Morgan fingerprint density at radius 2 is 1.52 bits per heavy atom. The Morgan fingerprint density at radius 1 is 0.960 bits per heavy atom. The summed E-state index contributed by atoms with van der Waals surface area (Å²) < 4.78 is 19.3. The molecule has 0 aromatic rings. The fraction of sp³-hybridized carbons (Fsp3) is 0.667. The van der Waals surface area contributed by atoms with Gasteiger partial charge >= 0.3 is 23.9 Å². The highest BCUT2D eigenvalue weighted by molar-refractivity contribution is 6.41. The van der Waals surface area contributed by atoms with E-state index in [1.165, 1.54) is 7.05 Å². The second-order valence-corrected chi connectivity index (χ2v) is 5.03. The maximum absolute atomic E-state index is 12.5. The molecule has 1 aliphatic heterocycles. The molecule has 0 aromatic carbocycles. The van der Waals surface area contributed by atoms with E-state index in [0.29, 0.717) is 0 Å². The van der Waals surface area contributed by atoms with Crippen molar-refractivity contribution in [1.29, 1.82) is 0 Å². The average Bonchev–Trinajstić information content (AvgIpc) is 2.59. The summed E-state index contributed by atoms with van der Waals surface area (Å²) in [6.45, 7) is 3.26. The van der Waals surface area contributed by atoms with E-state index in [4.69, 9.17) is 14.2 Å². The lowest BCUT2D eigenvalue weighted by atomic mass is 9.80. The zero-order valence-corrected chi connectivity index (χ0v) is 14.8. The van der Waals surface area contributed by atoms with Crippen LogP contribution in [0.2, 0.25) is 0 Å². The van der Waals surface area contributed by atoms with E-state index in [9.17, 15) is 19.2 Å². The van der Waals surface area contributed by atoms with Crippen molar-refractivity contribution < 1.29 is 38.1 Å². The van der Waals surface area contributed by atoms with Crippen LogP contribution in [0.3, 0.4) is 0 Å². The van der Waals surface area contributed by atoms with Gasteiger partial charge in [-0.25, -0.2) is 9.59 Å². The Labute approximate surface area is 145 Å². The molecule has 1 heterocycles. The molecular weight excluding hydrogens is 336 g/mol. The van der Waals surface area contributed by atoms with Crippen LogP contribution in [-0.2, 0) is 38.1 Å². The lowest BCUT2D eigenvalue weighted by molar-refractivity contribution is -0.168. The van der Waals surface area contributed by atoms with Crippen molar-refractivity contribution in [2.75, 3.05) is 34.5 Å². The minimum atomic E-state index is -1.46. The van der Waals surface area contributed by atoms with Gasteiger partial charge in [-0.1, -0.05) is 0 Å². The smallest absolute Gasteiger partial charge is 0.355 e. The highest BCUT2D eigenvalue weighted by atomic mass is 16.5. The SMILES string of the molecule is CCOC(=O)[C@@H]1[C@@H](C(=O)OC)C(C(=O)OC)=NN(C)[C@H]1C(=O)OCC. The molecule has 0 bridgehead atoms. The summed E-state index contributed by atoms with van der Waals surface area (Å²) in [6, 6.07) is -1.25. The summed E-state index contributed by atoms with van der Waals surface area (Å²) in [5, 5.41) is 5.04. The van der Waals surface area contributed by atoms with Gasteiger partial charge in [0.15, 0.2) is 11.8 Å². The number of nitrogens with zero attached hydrogens (tertiary/aromatic N) is 2. The Morgan fingerprint density at radius 3 is 2.00 bits per heavy atom. The normalized spacial score (nSPS) is 22.5. The van der Waals surface area contributed by atoms with Crippen molar-refractivity contribution in [1.82, 2.24) is 5.01 Å². The first-order chi connectivity index (χ1) is 11.8. The first-order valence-electron chi connectivity index (χ1n) is 7.64. The molecule has 140 valence electrons. The summed E-state index contributed by atoms with van der Waals surface area (Å²) in [5.74, 6) is -6.28. The van der Waals surface area contributed by atoms with E-state index >= 15 is 0 Å². The predicted molar refractivity (Wildman–Crippen MR) is 83.3 cm³/mol. The molecular formula is C15H22N2O8. The number of esters is 4. The van der Waals surface area contributed by atoms with Gasteiger partial charge in [0, 0.05) is 7.05 Å². The van der Waals surface area contributed by atoms with Crippen molar-refractivity contribution in [3.05, 3.63) is 0 Å². The minimum Gasteiger partial charge on any atom is -0.468 e. The monoisotopic (exact) mass is 358 g/mol. The molecule has 0 fully saturated rings. The predicted octanol–water partition coefficient (Wildman–Crippen LogP) is -0.639. The number of ether oxygens (including phenoxy) is 4. The van der Waals surface area contributed by atoms with Crippen molar-refractivity contribution >= 4 is 29.6 Å². The van der Waals surface area contributed by atoms with Gasteiger partial charge in [0.05, 0.1) is 27.4 Å². The lowest BCUT2D eigenvalue weighted by Gasteiger charge is -2.37. The van der Waals surface area contributed by atoms with E-state index in [1.54, 1.807) is 13.8 Å². The van der Waals surface area contributed by atoms with Gasteiger partial charge in [-0.3, -0.25) is 14.6 Å². The van der Waals surface area contributed by atoms with Crippen molar-refractivity contribution in [3.63, 3.8) is 0 Å². The largest absolute Gasteiger partial charge is 0.468 e. The van der Waals surface area contributed by atoms with Gasteiger partial charge in [0.1, 0.15) is 11.8 Å². The summed E-state index contributed by atoms with van der Waals surface area (Å²) in [5.41, 5.74) is -0.351. The van der Waals surface area contributed by atoms with E-state index < -0.39 is 41.8 Å². The average molecular weight is 358 g/mol. The van der Waals surface area contributed by atoms with Gasteiger partial charge in [0.25, 0.3) is 0 Å². The fourth-order valence-corrected chi connectivity index (χ4v) is 2.57. The third-order valence-electron chi connectivity index (χ3n) is 3.60. The zero-order chi connectivity index (χ0) is 19.1. The quantitative estimate of drug-likeness (QED) is 0.451. The minimum absolute atomic E-state index is 0.0210. The molecule has 0 saturated heterocycles. The van der Waals surface area contributed by atoms with Crippen LogP contribution in [0.5, 0.6) is 0 Å². The first kappa shape index (κ1) is 20.4. The van der Waals surface area contributed by atoms with Gasteiger partial charge in [-0.05, 0) is 13.8 Å². The molecule has 3 atom stereocenters. The standard InChI is InChI=1S/C15H22N2O8/c1-6-24-13(19)9-8(12(18)22-4)10(14(20)23-5)16-17(3)11(9)15(21)25-7-2/h8-9,11H,6-7H2,1-5H3/t8-,9-,11-/m1/s1. The second-order valence-electron chi connectivity index (χ2n) is 5.03. The number of hydrogen-bond donors (Lipinski definition) is 0. The Balaban J connectivity index is 3.50. The molecule has 0 N–H and O–H groups in total. The molecule has 10 heteroatoms. The maximum Gasteiger partial charge on any atom is 0.355 e. The third kappa shape index (κ3) is 4.25. The van der Waals surface area contributed by atoms with Crippen LogP contribution in [0.4, 0.5) is 0 Å². The van der Waals surface area contributed by atoms with Gasteiger partial charge in [0.2, 0.25) is 0 Å². The summed E-state index contributed by atoms with van der Waals surface area (Å²) >= 11 is 0. The highest BCUT2D eigenvalue weighted by Gasteiger charge is 2.54. The van der Waals surface area contributed by atoms with Crippen LogP contribution in [0, 0.1) is 11.8 Å². The highest BCUT2D eigenvalue weighted by Crippen LogP contribution is 2.30. The Hall–Kier alpha value is -2.65. The molecule has 0 amide bonds. The fourth-order valence-electron chi connectivity index (χ4n) is 2.57. The Kier molecular flexibility index (Phi) is 7.34. The first-order valence-corrected chi connectivity index (χ1v) is 7.64. The van der Waals surface area contributed by atoms with E-state index in [-0.39, 0.29) is 18.9 Å². The van der Waals surface area contributed by atoms with Crippen LogP contribution < -0.4 is 0 Å². The Bertz CT molecular complexity index is 574. The number of methoxy groups -OCH3 is 2. The summed E-state index contributed by atoms with van der Waals surface area (Å²) in [7, 11) is 3.58. The molecule has 0 aliphatic carbocycles. The van der Waals surface area contributed by atoms with Crippen molar-refractivity contribution in [3.8, 4) is 0 Å². The third-order valence-corrected chi connectivity index (χ3v) is 3.60. The van der Waals surface area contributed by atoms with E-state index in [0.717, 1.165) is 19.2 Å². The molecule has 10 nitrogen and oxygen atoms in total. The van der Waals surface area contributed by atoms with E-state index in [2.05, 4.69) is 9.84 Å². The molecule has 0 saturated carbocycles. The van der Waals surface area contributed by atoms with Crippen LogP contribution in [0.25, 0.3) is 0 Å². The van der Waals surface area contributed by atoms with Gasteiger partial charge in [-0.15, -0.1) is 0 Å². The number of carbonyl (C=O) groups is 4. The van der Waals surface area contributed by atoms with Crippen molar-refractivity contribution in [2.45, 2.75) is 19.9 Å². The lowest BCUT2D eigenvalue weighted by Crippen LogP contribution is -2.57. The molecule has 0 unspecified atom stereocenters. The zero-order valence-electron chi connectivity index (χ0n) is 14.8. The summed E-state index contributed by atoms with van der Waals surface area (Å²) in [6.07, 6.45) is 0. The van der Waals surface area contributed by atoms with Crippen LogP contribution in [0.1, 0.15) is 13.8 Å². The van der Waals surface area contributed by atoms with E-state index in [1.807, 2.05) is 0 Å². The number of likely N-dealkylation sites (N-methyl/N-ethyl adjacent to an activating group) is 1. The summed E-state index contributed by atoms with van der Waals surface area (Å²) in [4.78, 5) is 49.1. The van der Waals surface area contributed by atoms with Gasteiger partial charge in [-0.2, -0.15) is 5.10 Å². The molecule has 25 heavy (non-hydrogen) atoms. The molecule has 0 radical (unpaired) electrons. The maximum atomic E-state index is 12.5. The van der Waals surface area contributed by atoms with Gasteiger partial charge < -0.3 is 18.9 Å². The molecule has 1 rings (SSSR count). The molecule has 0 spiro atoms. The number of hydrazone groups is 1. The van der Waals surface area contributed by atoms with Crippen LogP contribution in [0.15, 0.2) is 5.10 Å². The molecule has 0 aromatic heterocycles. The number of rotatable bonds is 6. The van der Waals surface area contributed by atoms with Crippen molar-refractivity contribution in [2.24, 2.45) is 16.9 Å². The number of hydrogen-bond acceptors (Lipinski definition) is 10. The topological polar surface area (TPSA) is 121 Å². The van der Waals surface area contributed by atoms with Crippen LogP contribution >= 0.6 is 0 Å². The number of carbonyl (C=O) groups excluding carboxylic acids is 4.